The van der Waals surface area contributed by atoms with Crippen molar-refractivity contribution in [2.75, 3.05) is 0 Å². The fraction of sp³-hybridized carbons (Fsp3) is 0.846. The van der Waals surface area contributed by atoms with Crippen LogP contribution in [0.1, 0.15) is 59.8 Å². The zero-order chi connectivity index (χ0) is 10.8. The van der Waals surface area contributed by atoms with E-state index in [9.17, 15) is 5.11 Å². The van der Waals surface area contributed by atoms with Gasteiger partial charge < -0.3 is 5.11 Å². The minimum atomic E-state index is -0.526. The van der Waals surface area contributed by atoms with Gasteiger partial charge in [0.25, 0.3) is 0 Å². The average molecular weight is 196 g/mol. The molecule has 14 heavy (non-hydrogen) atoms. The predicted molar refractivity (Wildman–Crippen MR) is 61.2 cm³/mol. The van der Waals surface area contributed by atoms with Crippen molar-refractivity contribution in [2.45, 2.75) is 65.4 Å². The minimum Gasteiger partial charge on any atom is -0.386 e. The molecule has 1 rings (SSSR count). The van der Waals surface area contributed by atoms with Gasteiger partial charge in [-0.05, 0) is 31.6 Å². The highest BCUT2D eigenvalue weighted by atomic mass is 16.3. The summed E-state index contributed by atoms with van der Waals surface area (Å²) in [4.78, 5) is 0. The smallest absolute Gasteiger partial charge is 0.0835 e. The Balaban J connectivity index is 2.73. The number of allylic oxidation sites excluding steroid dienone is 1. The largest absolute Gasteiger partial charge is 0.386 e. The van der Waals surface area contributed by atoms with Gasteiger partial charge in [0.15, 0.2) is 0 Å². The van der Waals surface area contributed by atoms with Crippen LogP contribution in [0.4, 0.5) is 0 Å². The Hall–Kier alpha value is -0.300. The van der Waals surface area contributed by atoms with Crippen molar-refractivity contribution < 1.29 is 5.11 Å². The van der Waals surface area contributed by atoms with Gasteiger partial charge in [-0.2, -0.15) is 0 Å². The first-order chi connectivity index (χ1) is 6.37. The molecule has 0 aliphatic heterocycles. The van der Waals surface area contributed by atoms with E-state index >= 15 is 0 Å². The number of rotatable bonds is 3. The molecule has 0 heterocycles. The summed E-state index contributed by atoms with van der Waals surface area (Å²) in [5.74, 6) is 0. The fourth-order valence-electron chi connectivity index (χ4n) is 2.85. The van der Waals surface area contributed by atoms with E-state index in [1.54, 1.807) is 0 Å². The topological polar surface area (TPSA) is 20.2 Å². The van der Waals surface area contributed by atoms with Crippen LogP contribution >= 0.6 is 0 Å². The fourth-order valence-corrected chi connectivity index (χ4v) is 2.85. The maximum Gasteiger partial charge on any atom is 0.0835 e. The van der Waals surface area contributed by atoms with Crippen molar-refractivity contribution in [1.29, 1.82) is 0 Å². The van der Waals surface area contributed by atoms with E-state index in [4.69, 9.17) is 0 Å². The van der Waals surface area contributed by atoms with Gasteiger partial charge in [0.2, 0.25) is 0 Å². The van der Waals surface area contributed by atoms with Crippen LogP contribution in [0, 0.1) is 5.41 Å². The molecule has 1 unspecified atom stereocenters. The van der Waals surface area contributed by atoms with Gasteiger partial charge in [0.05, 0.1) is 5.60 Å². The summed E-state index contributed by atoms with van der Waals surface area (Å²) in [7, 11) is 0. The summed E-state index contributed by atoms with van der Waals surface area (Å²) in [6.07, 6.45) is 7.34. The molecule has 0 aromatic rings. The molecule has 0 spiro atoms. The summed E-state index contributed by atoms with van der Waals surface area (Å²) >= 11 is 0. The van der Waals surface area contributed by atoms with Crippen LogP contribution < -0.4 is 0 Å². The standard InChI is InChI=1S/C13H24O/c1-5-6-7-13(14)9-11(2)8-12(3,4)10-13/h9,14H,5-8,10H2,1-4H3. The molecule has 0 amide bonds. The van der Waals surface area contributed by atoms with Crippen LogP contribution in [0.25, 0.3) is 0 Å². The van der Waals surface area contributed by atoms with Crippen molar-refractivity contribution in [3.8, 4) is 0 Å². The molecule has 1 heteroatoms. The van der Waals surface area contributed by atoms with E-state index in [2.05, 4.69) is 33.8 Å². The Morgan fingerprint density at radius 1 is 1.43 bits per heavy atom. The summed E-state index contributed by atoms with van der Waals surface area (Å²) in [6.45, 7) is 8.81. The quantitative estimate of drug-likeness (QED) is 0.683. The van der Waals surface area contributed by atoms with Crippen molar-refractivity contribution in [3.05, 3.63) is 11.6 Å². The monoisotopic (exact) mass is 196 g/mol. The second kappa shape index (κ2) is 4.06. The van der Waals surface area contributed by atoms with Crippen LogP contribution in [0.3, 0.4) is 0 Å². The molecule has 0 fully saturated rings. The summed E-state index contributed by atoms with van der Waals surface area (Å²) in [5, 5.41) is 10.4. The van der Waals surface area contributed by atoms with Crippen LogP contribution in [0.15, 0.2) is 11.6 Å². The molecule has 0 aromatic heterocycles. The SMILES string of the molecule is CCCCC1(O)C=C(C)CC(C)(C)C1. The van der Waals surface area contributed by atoms with Crippen LogP contribution in [-0.2, 0) is 0 Å². The maximum atomic E-state index is 10.4. The first-order valence-electron chi connectivity index (χ1n) is 5.78. The van der Waals surface area contributed by atoms with Gasteiger partial charge in [-0.25, -0.2) is 0 Å². The molecular formula is C13H24O. The highest BCUT2D eigenvalue weighted by Crippen LogP contribution is 2.41. The van der Waals surface area contributed by atoms with Crippen molar-refractivity contribution in [2.24, 2.45) is 5.41 Å². The Morgan fingerprint density at radius 3 is 2.57 bits per heavy atom. The summed E-state index contributed by atoms with van der Waals surface area (Å²) in [5.41, 5.74) is 1.09. The van der Waals surface area contributed by atoms with Gasteiger partial charge in [-0.1, -0.05) is 45.3 Å². The third kappa shape index (κ3) is 3.13. The highest BCUT2D eigenvalue weighted by Gasteiger charge is 2.36. The zero-order valence-corrected chi connectivity index (χ0v) is 10.1. The molecule has 1 atom stereocenters. The molecule has 0 aromatic carbocycles. The Bertz CT molecular complexity index is 227. The van der Waals surface area contributed by atoms with Crippen LogP contribution in [-0.4, -0.2) is 10.7 Å². The minimum absolute atomic E-state index is 0.265. The van der Waals surface area contributed by atoms with Gasteiger partial charge in [-0.15, -0.1) is 0 Å². The molecule has 0 radical (unpaired) electrons. The lowest BCUT2D eigenvalue weighted by Gasteiger charge is -2.39. The average Bonchev–Trinajstić information content (AvgIpc) is 1.96. The predicted octanol–water partition coefficient (Wildman–Crippen LogP) is 3.67. The number of unbranched alkanes of at least 4 members (excludes halogenated alkanes) is 1. The van der Waals surface area contributed by atoms with E-state index in [-0.39, 0.29) is 5.41 Å². The number of hydrogen-bond acceptors (Lipinski definition) is 1. The lowest BCUT2D eigenvalue weighted by Crippen LogP contribution is -2.36. The lowest BCUT2D eigenvalue weighted by atomic mass is 9.69. The van der Waals surface area contributed by atoms with Gasteiger partial charge in [-0.3, -0.25) is 0 Å². The third-order valence-corrected chi connectivity index (χ3v) is 3.02. The van der Waals surface area contributed by atoms with Gasteiger partial charge in [0, 0.05) is 0 Å². The van der Waals surface area contributed by atoms with Gasteiger partial charge >= 0.3 is 0 Å². The molecule has 0 bridgehead atoms. The van der Waals surface area contributed by atoms with Crippen molar-refractivity contribution in [1.82, 2.24) is 0 Å². The number of hydrogen-bond donors (Lipinski definition) is 1. The second-order valence-corrected chi connectivity index (χ2v) is 5.72. The Morgan fingerprint density at radius 2 is 2.07 bits per heavy atom. The molecule has 82 valence electrons. The molecule has 0 saturated carbocycles. The van der Waals surface area contributed by atoms with Crippen LogP contribution in [0.5, 0.6) is 0 Å². The normalized spacial score (nSPS) is 31.4. The second-order valence-electron chi connectivity index (χ2n) is 5.72. The van der Waals surface area contributed by atoms with Crippen molar-refractivity contribution >= 4 is 0 Å². The summed E-state index contributed by atoms with van der Waals surface area (Å²) in [6, 6.07) is 0. The Labute approximate surface area is 88.2 Å². The Kier molecular flexibility index (Phi) is 3.41. The van der Waals surface area contributed by atoms with E-state index in [0.29, 0.717) is 0 Å². The van der Waals surface area contributed by atoms with Crippen LogP contribution in [0.2, 0.25) is 0 Å². The zero-order valence-electron chi connectivity index (χ0n) is 10.1. The molecule has 1 aliphatic carbocycles. The number of aliphatic hydroxyl groups is 1. The lowest BCUT2D eigenvalue weighted by molar-refractivity contribution is 0.0220. The summed E-state index contributed by atoms with van der Waals surface area (Å²) < 4.78 is 0. The molecule has 1 N–H and O–H groups in total. The van der Waals surface area contributed by atoms with E-state index in [1.165, 1.54) is 5.57 Å². The maximum absolute atomic E-state index is 10.4. The highest BCUT2D eigenvalue weighted by molar-refractivity contribution is 5.16. The van der Waals surface area contributed by atoms with Gasteiger partial charge in [0.1, 0.15) is 0 Å². The van der Waals surface area contributed by atoms with Crippen molar-refractivity contribution in [3.63, 3.8) is 0 Å². The first kappa shape index (κ1) is 11.8. The molecular weight excluding hydrogens is 172 g/mol. The third-order valence-electron chi connectivity index (χ3n) is 3.02. The van der Waals surface area contributed by atoms with E-state index < -0.39 is 5.60 Å². The van der Waals surface area contributed by atoms with E-state index in [1.807, 2.05) is 0 Å². The first-order valence-corrected chi connectivity index (χ1v) is 5.78. The molecule has 0 saturated heterocycles. The molecule has 1 nitrogen and oxygen atoms in total. The molecule has 1 aliphatic rings. The van der Waals surface area contributed by atoms with E-state index in [0.717, 1.165) is 32.1 Å².